The lowest BCUT2D eigenvalue weighted by Crippen LogP contribution is -2.34. The molecule has 0 heterocycles. The molecule has 3 rings (SSSR count). The predicted molar refractivity (Wildman–Crippen MR) is 114 cm³/mol. The molecule has 0 saturated heterocycles. The molecule has 0 aliphatic heterocycles. The fourth-order valence-corrected chi connectivity index (χ4v) is 4.75. The number of carbonyl (C=O) groups excluding carboxylic acids is 1. The Hall–Kier alpha value is -2.13. The molecular weight excluding hydrogens is 428 g/mol. The van der Waals surface area contributed by atoms with Crippen molar-refractivity contribution in [3.63, 3.8) is 0 Å². The van der Waals surface area contributed by atoms with Crippen LogP contribution in [-0.2, 0) is 26.0 Å². The Kier molecular flexibility index (Phi) is 7.71. The maximum Gasteiger partial charge on any atom is 0.258 e. The molecule has 7 nitrogen and oxygen atoms in total. The second-order valence-electron chi connectivity index (χ2n) is 6.98. The quantitative estimate of drug-likeness (QED) is 0.570. The van der Waals surface area contributed by atoms with Crippen LogP contribution in [0.4, 0.5) is 0 Å². The SMILES string of the molecule is COCCNS(=O)(=O)c1ccc(OCC(=O)N[C@@H]2CCCc3ccccc32)c(Cl)c1. The van der Waals surface area contributed by atoms with Crippen LogP contribution in [0.25, 0.3) is 0 Å². The molecule has 2 aromatic carbocycles. The molecule has 1 aliphatic carbocycles. The lowest BCUT2D eigenvalue weighted by molar-refractivity contribution is -0.123. The monoisotopic (exact) mass is 452 g/mol. The van der Waals surface area contributed by atoms with E-state index in [2.05, 4.69) is 16.1 Å². The fraction of sp³-hybridized carbons (Fsp3) is 0.381. The fourth-order valence-electron chi connectivity index (χ4n) is 3.41. The van der Waals surface area contributed by atoms with Gasteiger partial charge in [-0.15, -0.1) is 0 Å². The van der Waals surface area contributed by atoms with E-state index in [-0.39, 0.29) is 47.4 Å². The van der Waals surface area contributed by atoms with Crippen LogP contribution in [0.3, 0.4) is 0 Å². The van der Waals surface area contributed by atoms with Crippen LogP contribution in [0, 0.1) is 0 Å². The molecule has 0 unspecified atom stereocenters. The summed E-state index contributed by atoms with van der Waals surface area (Å²) >= 11 is 6.17. The van der Waals surface area contributed by atoms with Crippen LogP contribution in [0.1, 0.15) is 30.0 Å². The van der Waals surface area contributed by atoms with Crippen molar-refractivity contribution in [2.75, 3.05) is 26.9 Å². The van der Waals surface area contributed by atoms with Gasteiger partial charge in [-0.25, -0.2) is 13.1 Å². The highest BCUT2D eigenvalue weighted by atomic mass is 35.5. The van der Waals surface area contributed by atoms with Crippen molar-refractivity contribution in [1.29, 1.82) is 0 Å². The number of sulfonamides is 1. The smallest absolute Gasteiger partial charge is 0.258 e. The second-order valence-corrected chi connectivity index (χ2v) is 9.16. The Morgan fingerprint density at radius 3 is 2.80 bits per heavy atom. The van der Waals surface area contributed by atoms with Crippen LogP contribution < -0.4 is 14.8 Å². The summed E-state index contributed by atoms with van der Waals surface area (Å²) < 4.78 is 37.2. The molecule has 0 spiro atoms. The molecular formula is C21H25ClN2O5S. The predicted octanol–water partition coefficient (Wildman–Crippen LogP) is 2.84. The number of rotatable bonds is 9. The minimum atomic E-state index is -3.70. The summed E-state index contributed by atoms with van der Waals surface area (Å²) in [5.74, 6) is -0.0163. The molecule has 1 atom stereocenters. The van der Waals surface area contributed by atoms with Gasteiger partial charge in [0.25, 0.3) is 5.91 Å². The van der Waals surface area contributed by atoms with Crippen LogP contribution >= 0.6 is 11.6 Å². The van der Waals surface area contributed by atoms with Gasteiger partial charge >= 0.3 is 0 Å². The number of methoxy groups -OCH3 is 1. The van der Waals surface area contributed by atoms with E-state index < -0.39 is 10.0 Å². The summed E-state index contributed by atoms with van der Waals surface area (Å²) in [6.45, 7) is 0.199. The number of ether oxygens (including phenoxy) is 2. The van der Waals surface area contributed by atoms with Crippen LogP contribution in [0.2, 0.25) is 5.02 Å². The van der Waals surface area contributed by atoms with Crippen molar-refractivity contribution in [3.05, 3.63) is 58.6 Å². The molecule has 2 N–H and O–H groups in total. The third-order valence-corrected chi connectivity index (χ3v) is 6.63. The van der Waals surface area contributed by atoms with Gasteiger partial charge in [-0.3, -0.25) is 4.79 Å². The molecule has 9 heteroatoms. The lowest BCUT2D eigenvalue weighted by atomic mass is 9.88. The van der Waals surface area contributed by atoms with E-state index in [1.54, 1.807) is 0 Å². The average molecular weight is 453 g/mol. The van der Waals surface area contributed by atoms with E-state index in [0.717, 1.165) is 24.8 Å². The standard InChI is InChI=1S/C21H25ClN2O5S/c1-28-12-11-23-30(26,27)16-9-10-20(18(22)13-16)29-14-21(25)24-19-8-4-6-15-5-2-3-7-17(15)19/h2-3,5,7,9-10,13,19,23H,4,6,8,11-12,14H2,1H3,(H,24,25)/t19-/m1/s1. The zero-order valence-corrected chi connectivity index (χ0v) is 18.3. The van der Waals surface area contributed by atoms with Gasteiger partial charge in [0.15, 0.2) is 6.61 Å². The van der Waals surface area contributed by atoms with Gasteiger partial charge in [0, 0.05) is 13.7 Å². The number of fused-ring (bicyclic) bond motifs is 1. The Bertz CT molecular complexity index is 997. The maximum atomic E-state index is 12.4. The molecule has 1 aliphatic rings. The maximum absolute atomic E-state index is 12.4. The van der Waals surface area contributed by atoms with Gasteiger partial charge in [0.1, 0.15) is 5.75 Å². The van der Waals surface area contributed by atoms with E-state index >= 15 is 0 Å². The minimum absolute atomic E-state index is 0.0132. The molecule has 30 heavy (non-hydrogen) atoms. The first-order valence-electron chi connectivity index (χ1n) is 9.69. The van der Waals surface area contributed by atoms with E-state index in [0.29, 0.717) is 0 Å². The van der Waals surface area contributed by atoms with Gasteiger partial charge in [0.2, 0.25) is 10.0 Å². The topological polar surface area (TPSA) is 93.7 Å². The van der Waals surface area contributed by atoms with Gasteiger partial charge in [0.05, 0.1) is 22.6 Å². The van der Waals surface area contributed by atoms with Crippen LogP contribution in [-0.4, -0.2) is 41.2 Å². The molecule has 0 saturated carbocycles. The van der Waals surface area contributed by atoms with Crippen molar-refractivity contribution in [2.45, 2.75) is 30.2 Å². The zero-order chi connectivity index (χ0) is 21.6. The summed E-state index contributed by atoms with van der Waals surface area (Å²) in [5, 5.41) is 3.12. The first-order chi connectivity index (χ1) is 14.4. The van der Waals surface area contributed by atoms with Crippen molar-refractivity contribution in [1.82, 2.24) is 10.0 Å². The number of carbonyl (C=O) groups is 1. The first kappa shape index (κ1) is 22.6. The summed E-state index contributed by atoms with van der Waals surface area (Å²) in [7, 11) is -2.21. The molecule has 162 valence electrons. The summed E-state index contributed by atoms with van der Waals surface area (Å²) in [5.41, 5.74) is 2.40. The number of halogens is 1. The molecule has 0 radical (unpaired) electrons. The Morgan fingerprint density at radius 2 is 2.03 bits per heavy atom. The normalized spacial score (nSPS) is 16.0. The van der Waals surface area contributed by atoms with Crippen molar-refractivity contribution in [3.8, 4) is 5.75 Å². The highest BCUT2D eigenvalue weighted by Gasteiger charge is 2.22. The molecule has 0 aromatic heterocycles. The largest absolute Gasteiger partial charge is 0.482 e. The molecule has 0 fully saturated rings. The third kappa shape index (κ3) is 5.72. The van der Waals surface area contributed by atoms with Crippen LogP contribution in [0.15, 0.2) is 47.4 Å². The first-order valence-corrected chi connectivity index (χ1v) is 11.5. The van der Waals surface area contributed by atoms with E-state index in [9.17, 15) is 13.2 Å². The molecule has 2 aromatic rings. The van der Waals surface area contributed by atoms with E-state index in [1.807, 2.05) is 18.2 Å². The number of hydrogen-bond acceptors (Lipinski definition) is 5. The number of benzene rings is 2. The number of amides is 1. The number of nitrogens with one attached hydrogen (secondary N) is 2. The second kappa shape index (κ2) is 10.3. The Morgan fingerprint density at radius 1 is 1.23 bits per heavy atom. The lowest BCUT2D eigenvalue weighted by Gasteiger charge is -2.26. The highest BCUT2D eigenvalue weighted by Crippen LogP contribution is 2.30. The number of aryl methyl sites for hydroxylation is 1. The van der Waals surface area contributed by atoms with Crippen molar-refractivity contribution >= 4 is 27.5 Å². The third-order valence-electron chi connectivity index (χ3n) is 4.88. The molecule has 1 amide bonds. The summed E-state index contributed by atoms with van der Waals surface area (Å²) in [6, 6.07) is 12.2. The highest BCUT2D eigenvalue weighted by molar-refractivity contribution is 7.89. The minimum Gasteiger partial charge on any atom is -0.482 e. The van der Waals surface area contributed by atoms with Gasteiger partial charge in [-0.1, -0.05) is 35.9 Å². The number of hydrogen-bond donors (Lipinski definition) is 2. The van der Waals surface area contributed by atoms with Gasteiger partial charge < -0.3 is 14.8 Å². The van der Waals surface area contributed by atoms with Crippen molar-refractivity contribution in [2.24, 2.45) is 0 Å². The van der Waals surface area contributed by atoms with E-state index in [4.69, 9.17) is 21.1 Å². The Balaban J connectivity index is 1.58. The molecule has 0 bridgehead atoms. The summed E-state index contributed by atoms with van der Waals surface area (Å²) in [4.78, 5) is 12.4. The van der Waals surface area contributed by atoms with Crippen LogP contribution in [0.5, 0.6) is 5.75 Å². The average Bonchev–Trinajstić information content (AvgIpc) is 2.73. The summed E-state index contributed by atoms with van der Waals surface area (Å²) in [6.07, 6.45) is 2.92. The van der Waals surface area contributed by atoms with Gasteiger partial charge in [-0.2, -0.15) is 0 Å². The zero-order valence-electron chi connectivity index (χ0n) is 16.7. The Labute approximate surface area is 181 Å². The van der Waals surface area contributed by atoms with Gasteiger partial charge in [-0.05, 0) is 48.6 Å². The van der Waals surface area contributed by atoms with E-state index in [1.165, 1.54) is 30.9 Å². The van der Waals surface area contributed by atoms with Crippen molar-refractivity contribution < 1.29 is 22.7 Å².